The molecule has 124 valence electrons. The molecule has 1 aromatic carbocycles. The zero-order valence-corrected chi connectivity index (χ0v) is 14.2. The maximum absolute atomic E-state index is 11.5. The first-order valence-corrected chi connectivity index (χ1v) is 8.85. The average Bonchev–Trinajstić information content (AvgIpc) is 3.04. The molecular formula is C18H19N3O2S. The Hall–Kier alpha value is -2.47. The highest BCUT2D eigenvalue weighted by Gasteiger charge is 2.20. The molecule has 0 spiro atoms. The highest BCUT2D eigenvalue weighted by molar-refractivity contribution is 7.17. The standard InChI is InChI=1S/C18H19N3O2S/c1-2-3-9-14(18(22)23)21-16-15-13(12-7-5-4-6-8-12)10-24-17(15)20-11-19-16/h4-8,10-11,14H,2-3,9H2,1H3,(H,22,23)(H,19,20,21). The van der Waals surface area contributed by atoms with Crippen molar-refractivity contribution < 1.29 is 9.90 Å². The molecule has 0 aliphatic rings. The predicted octanol–water partition coefficient (Wildman–Crippen LogP) is 4.41. The third-order valence-corrected chi connectivity index (χ3v) is 4.80. The molecule has 3 rings (SSSR count). The van der Waals surface area contributed by atoms with E-state index in [0.717, 1.165) is 34.2 Å². The number of anilines is 1. The molecule has 0 fully saturated rings. The van der Waals surface area contributed by atoms with Gasteiger partial charge in [-0.1, -0.05) is 50.1 Å². The largest absolute Gasteiger partial charge is 0.480 e. The summed E-state index contributed by atoms with van der Waals surface area (Å²) in [5.74, 6) is -0.268. The molecule has 0 radical (unpaired) electrons. The summed E-state index contributed by atoms with van der Waals surface area (Å²) < 4.78 is 0. The Morgan fingerprint density at radius 1 is 1.29 bits per heavy atom. The van der Waals surface area contributed by atoms with Gasteiger partial charge in [0.2, 0.25) is 0 Å². The van der Waals surface area contributed by atoms with Gasteiger partial charge in [-0.05, 0) is 12.0 Å². The van der Waals surface area contributed by atoms with Gasteiger partial charge >= 0.3 is 5.97 Å². The van der Waals surface area contributed by atoms with E-state index in [-0.39, 0.29) is 0 Å². The molecule has 2 heterocycles. The van der Waals surface area contributed by atoms with Crippen molar-refractivity contribution in [3.63, 3.8) is 0 Å². The highest BCUT2D eigenvalue weighted by atomic mass is 32.1. The number of hydrogen-bond acceptors (Lipinski definition) is 5. The minimum atomic E-state index is -0.855. The molecule has 0 saturated heterocycles. The summed E-state index contributed by atoms with van der Waals surface area (Å²) in [7, 11) is 0. The Morgan fingerprint density at radius 2 is 2.08 bits per heavy atom. The van der Waals surface area contributed by atoms with E-state index in [1.807, 2.05) is 42.6 Å². The average molecular weight is 341 g/mol. The molecule has 0 aliphatic carbocycles. The number of carboxylic acids is 1. The number of rotatable bonds is 7. The number of carbonyl (C=O) groups is 1. The summed E-state index contributed by atoms with van der Waals surface area (Å²) in [6, 6.07) is 9.35. The van der Waals surface area contributed by atoms with Crippen molar-refractivity contribution >= 4 is 33.3 Å². The van der Waals surface area contributed by atoms with Gasteiger partial charge in [0.25, 0.3) is 0 Å². The molecule has 1 atom stereocenters. The maximum Gasteiger partial charge on any atom is 0.326 e. The molecular weight excluding hydrogens is 322 g/mol. The number of unbranched alkanes of at least 4 members (excludes halogenated alkanes) is 1. The fourth-order valence-electron chi connectivity index (χ4n) is 2.65. The Bertz CT molecular complexity index is 833. The van der Waals surface area contributed by atoms with Gasteiger partial charge in [0, 0.05) is 10.9 Å². The van der Waals surface area contributed by atoms with Crippen molar-refractivity contribution in [1.29, 1.82) is 0 Å². The summed E-state index contributed by atoms with van der Waals surface area (Å²) in [6.07, 6.45) is 3.86. The van der Waals surface area contributed by atoms with Crippen LogP contribution in [-0.2, 0) is 4.79 Å². The molecule has 0 bridgehead atoms. The molecule has 0 saturated carbocycles. The van der Waals surface area contributed by atoms with E-state index in [1.54, 1.807) is 0 Å². The number of aliphatic carboxylic acids is 1. The molecule has 3 aromatic rings. The molecule has 6 heteroatoms. The molecule has 1 unspecified atom stereocenters. The number of aromatic nitrogens is 2. The van der Waals surface area contributed by atoms with Crippen LogP contribution >= 0.6 is 11.3 Å². The Balaban J connectivity index is 2.02. The number of carboxylic acid groups (broad SMARTS) is 1. The van der Waals surface area contributed by atoms with Gasteiger partial charge in [0.05, 0.1) is 5.39 Å². The number of benzene rings is 1. The summed E-state index contributed by atoms with van der Waals surface area (Å²) in [4.78, 5) is 21.0. The van der Waals surface area contributed by atoms with Crippen LogP contribution in [0.25, 0.3) is 21.3 Å². The Kier molecular flexibility index (Phi) is 5.05. The molecule has 2 aromatic heterocycles. The molecule has 24 heavy (non-hydrogen) atoms. The van der Waals surface area contributed by atoms with E-state index in [9.17, 15) is 9.90 Å². The zero-order chi connectivity index (χ0) is 16.9. The van der Waals surface area contributed by atoms with Crippen LogP contribution in [0.15, 0.2) is 42.0 Å². The summed E-state index contributed by atoms with van der Waals surface area (Å²) in [5.41, 5.74) is 2.10. The van der Waals surface area contributed by atoms with Crippen LogP contribution < -0.4 is 5.32 Å². The van der Waals surface area contributed by atoms with E-state index in [2.05, 4.69) is 15.3 Å². The minimum absolute atomic E-state index is 0.572. The molecule has 2 N–H and O–H groups in total. The second-order valence-electron chi connectivity index (χ2n) is 5.60. The summed E-state index contributed by atoms with van der Waals surface area (Å²) >= 11 is 1.54. The van der Waals surface area contributed by atoms with E-state index in [0.29, 0.717) is 12.2 Å². The Morgan fingerprint density at radius 3 is 2.79 bits per heavy atom. The van der Waals surface area contributed by atoms with Crippen LogP contribution in [-0.4, -0.2) is 27.1 Å². The topological polar surface area (TPSA) is 75.1 Å². The molecule has 5 nitrogen and oxygen atoms in total. The number of fused-ring (bicyclic) bond motifs is 1. The zero-order valence-electron chi connectivity index (χ0n) is 13.4. The normalized spacial score (nSPS) is 12.2. The third kappa shape index (κ3) is 3.38. The number of hydrogen-bond donors (Lipinski definition) is 2. The van der Waals surface area contributed by atoms with Crippen LogP contribution in [0.5, 0.6) is 0 Å². The van der Waals surface area contributed by atoms with Crippen molar-refractivity contribution in [3.05, 3.63) is 42.0 Å². The van der Waals surface area contributed by atoms with Crippen LogP contribution in [0.3, 0.4) is 0 Å². The summed E-state index contributed by atoms with van der Waals surface area (Å²) in [5, 5.41) is 15.5. The maximum atomic E-state index is 11.5. The van der Waals surface area contributed by atoms with E-state index >= 15 is 0 Å². The van der Waals surface area contributed by atoms with Crippen LogP contribution in [0.2, 0.25) is 0 Å². The van der Waals surface area contributed by atoms with Crippen molar-refractivity contribution in [3.8, 4) is 11.1 Å². The third-order valence-electron chi connectivity index (χ3n) is 3.91. The van der Waals surface area contributed by atoms with Crippen LogP contribution in [0, 0.1) is 0 Å². The lowest BCUT2D eigenvalue weighted by Gasteiger charge is -2.15. The fourth-order valence-corrected chi connectivity index (χ4v) is 3.56. The second-order valence-corrected chi connectivity index (χ2v) is 6.45. The van der Waals surface area contributed by atoms with E-state index < -0.39 is 12.0 Å². The first-order chi connectivity index (χ1) is 11.7. The predicted molar refractivity (Wildman–Crippen MR) is 97.4 cm³/mol. The number of nitrogens with one attached hydrogen (secondary N) is 1. The quantitative estimate of drug-likeness (QED) is 0.665. The fraction of sp³-hybridized carbons (Fsp3) is 0.278. The first-order valence-electron chi connectivity index (χ1n) is 7.97. The number of thiophene rings is 1. The van der Waals surface area contributed by atoms with Gasteiger partial charge < -0.3 is 10.4 Å². The summed E-state index contributed by atoms with van der Waals surface area (Å²) in [6.45, 7) is 2.05. The monoisotopic (exact) mass is 341 g/mol. The van der Waals surface area contributed by atoms with Gasteiger partial charge in [-0.15, -0.1) is 11.3 Å². The van der Waals surface area contributed by atoms with Gasteiger partial charge in [-0.2, -0.15) is 0 Å². The van der Waals surface area contributed by atoms with E-state index in [1.165, 1.54) is 17.7 Å². The van der Waals surface area contributed by atoms with Crippen LogP contribution in [0.4, 0.5) is 5.82 Å². The van der Waals surface area contributed by atoms with Gasteiger partial charge in [-0.3, -0.25) is 0 Å². The highest BCUT2D eigenvalue weighted by Crippen LogP contribution is 2.36. The number of nitrogens with zero attached hydrogens (tertiary/aromatic N) is 2. The van der Waals surface area contributed by atoms with Crippen molar-refractivity contribution in [2.45, 2.75) is 32.2 Å². The Labute approximate surface area is 144 Å². The van der Waals surface area contributed by atoms with Gasteiger partial charge in [0.1, 0.15) is 23.0 Å². The molecule has 0 amide bonds. The lowest BCUT2D eigenvalue weighted by molar-refractivity contribution is -0.138. The van der Waals surface area contributed by atoms with Gasteiger partial charge in [-0.25, -0.2) is 14.8 Å². The first kappa shape index (κ1) is 16.4. The molecule has 0 aliphatic heterocycles. The second kappa shape index (κ2) is 7.40. The van der Waals surface area contributed by atoms with Gasteiger partial charge in [0.15, 0.2) is 0 Å². The van der Waals surface area contributed by atoms with Crippen molar-refractivity contribution in [2.75, 3.05) is 5.32 Å². The van der Waals surface area contributed by atoms with Crippen molar-refractivity contribution in [1.82, 2.24) is 9.97 Å². The lowest BCUT2D eigenvalue weighted by Crippen LogP contribution is -2.29. The van der Waals surface area contributed by atoms with E-state index in [4.69, 9.17) is 0 Å². The van der Waals surface area contributed by atoms with Crippen LogP contribution in [0.1, 0.15) is 26.2 Å². The minimum Gasteiger partial charge on any atom is -0.480 e. The SMILES string of the molecule is CCCCC(Nc1ncnc2scc(-c3ccccc3)c12)C(=O)O. The smallest absolute Gasteiger partial charge is 0.326 e. The lowest BCUT2D eigenvalue weighted by atomic mass is 10.1. The van der Waals surface area contributed by atoms with Crippen molar-refractivity contribution in [2.24, 2.45) is 0 Å².